The standard InChI is InChI=1S/C33H35N5O3S2/c1-4-15-37-30(36-19-17-35(18-20-36)25-8-6-5-7-9-25)27(23(2)28(22-34)31(37)39)21-29-32(40)38(33(42)43-29)16-14-24-10-12-26(41-3)13-11-24/h5-13,21H,4,14-20H2,1-3H3/b29-21-. The van der Waals surface area contributed by atoms with Gasteiger partial charge < -0.3 is 14.5 Å². The van der Waals surface area contributed by atoms with E-state index in [9.17, 15) is 14.9 Å². The highest BCUT2D eigenvalue weighted by Crippen LogP contribution is 2.36. The van der Waals surface area contributed by atoms with Crippen LogP contribution in [-0.2, 0) is 17.8 Å². The average Bonchev–Trinajstić information content (AvgIpc) is 3.30. The van der Waals surface area contributed by atoms with Crippen LogP contribution in [0.15, 0.2) is 64.3 Å². The molecule has 1 aromatic heterocycles. The molecule has 3 aromatic rings. The van der Waals surface area contributed by atoms with Crippen molar-refractivity contribution < 1.29 is 9.53 Å². The number of aromatic nitrogens is 1. The number of carbonyl (C=O) groups is 1. The Bertz CT molecular complexity index is 1640. The Morgan fingerprint density at radius 2 is 1.67 bits per heavy atom. The monoisotopic (exact) mass is 613 g/mol. The van der Waals surface area contributed by atoms with Gasteiger partial charge in [0.15, 0.2) is 0 Å². The molecule has 0 unspecified atom stereocenters. The van der Waals surface area contributed by atoms with E-state index >= 15 is 0 Å². The highest BCUT2D eigenvalue weighted by molar-refractivity contribution is 8.26. The van der Waals surface area contributed by atoms with Gasteiger partial charge in [-0.3, -0.25) is 19.1 Å². The van der Waals surface area contributed by atoms with Gasteiger partial charge in [0.25, 0.3) is 11.5 Å². The molecule has 3 heterocycles. The minimum atomic E-state index is -0.286. The number of carbonyl (C=O) groups excluding carboxylic acids is 1. The quantitative estimate of drug-likeness (QED) is 0.240. The minimum Gasteiger partial charge on any atom is -0.497 e. The van der Waals surface area contributed by atoms with E-state index in [1.807, 2.05) is 55.5 Å². The van der Waals surface area contributed by atoms with Crippen molar-refractivity contribution in [3.05, 3.63) is 92.1 Å². The van der Waals surface area contributed by atoms with Crippen LogP contribution >= 0.6 is 24.0 Å². The van der Waals surface area contributed by atoms with E-state index in [0.717, 1.165) is 42.2 Å². The summed E-state index contributed by atoms with van der Waals surface area (Å²) in [5, 5.41) is 9.97. The van der Waals surface area contributed by atoms with Gasteiger partial charge >= 0.3 is 0 Å². The molecule has 0 aliphatic carbocycles. The summed E-state index contributed by atoms with van der Waals surface area (Å²) in [6.45, 7) is 7.73. The largest absolute Gasteiger partial charge is 0.497 e. The van der Waals surface area contributed by atoms with Crippen LogP contribution in [0.5, 0.6) is 5.75 Å². The van der Waals surface area contributed by atoms with Crippen LogP contribution in [0.3, 0.4) is 0 Å². The first-order chi connectivity index (χ1) is 20.9. The van der Waals surface area contributed by atoms with Crippen LogP contribution in [0.25, 0.3) is 6.08 Å². The number of amides is 1. The molecule has 2 fully saturated rings. The summed E-state index contributed by atoms with van der Waals surface area (Å²) in [6.07, 6.45) is 3.23. The SMILES string of the molecule is CCCn1c(N2CCN(c3ccccc3)CC2)c(/C=C2\SC(=S)N(CCc3ccc(OC)cc3)C2=O)c(C)c(C#N)c1=O. The van der Waals surface area contributed by atoms with Gasteiger partial charge in [0, 0.05) is 50.5 Å². The van der Waals surface area contributed by atoms with Crippen molar-refractivity contribution in [2.45, 2.75) is 33.2 Å². The molecule has 1 amide bonds. The normalized spacial score (nSPS) is 16.2. The Morgan fingerprint density at radius 3 is 2.30 bits per heavy atom. The summed E-state index contributed by atoms with van der Waals surface area (Å²) in [5.41, 5.74) is 3.39. The topological polar surface area (TPSA) is 81.8 Å². The number of benzene rings is 2. The number of piperazine rings is 1. The third-order valence-corrected chi connectivity index (χ3v) is 9.30. The lowest BCUT2D eigenvalue weighted by molar-refractivity contribution is -0.122. The number of nitrogens with zero attached hydrogens (tertiary/aromatic N) is 5. The van der Waals surface area contributed by atoms with Gasteiger partial charge in [-0.2, -0.15) is 5.26 Å². The van der Waals surface area contributed by atoms with E-state index in [-0.39, 0.29) is 17.0 Å². The fourth-order valence-corrected chi connectivity index (χ4v) is 6.88. The number of thioether (sulfide) groups is 1. The van der Waals surface area contributed by atoms with Crippen LogP contribution < -0.4 is 20.1 Å². The van der Waals surface area contributed by atoms with Crippen molar-refractivity contribution >= 4 is 51.8 Å². The number of hydrogen-bond donors (Lipinski definition) is 0. The van der Waals surface area contributed by atoms with E-state index in [1.165, 1.54) is 17.4 Å². The number of anilines is 2. The molecule has 10 heteroatoms. The first-order valence-electron chi connectivity index (χ1n) is 14.5. The predicted molar refractivity (Wildman–Crippen MR) is 178 cm³/mol. The van der Waals surface area contributed by atoms with E-state index in [2.05, 4.69) is 28.0 Å². The summed E-state index contributed by atoms with van der Waals surface area (Å²) in [7, 11) is 1.63. The summed E-state index contributed by atoms with van der Waals surface area (Å²) >= 11 is 6.90. The number of pyridine rings is 1. The molecule has 0 spiro atoms. The zero-order valence-corrected chi connectivity index (χ0v) is 26.3. The molecule has 0 bridgehead atoms. The number of para-hydroxylation sites is 1. The molecule has 2 aromatic carbocycles. The Labute approximate surface area is 262 Å². The second-order valence-corrected chi connectivity index (χ2v) is 12.2. The van der Waals surface area contributed by atoms with Gasteiger partial charge in [-0.1, -0.05) is 61.2 Å². The van der Waals surface area contributed by atoms with Crippen molar-refractivity contribution in [2.75, 3.05) is 49.6 Å². The van der Waals surface area contributed by atoms with Crippen LogP contribution in [0.2, 0.25) is 0 Å². The number of hydrogen-bond acceptors (Lipinski definition) is 8. The summed E-state index contributed by atoms with van der Waals surface area (Å²) in [6, 6.07) is 20.2. The molecule has 0 radical (unpaired) electrons. The number of rotatable bonds is 9. The highest BCUT2D eigenvalue weighted by atomic mass is 32.2. The minimum absolute atomic E-state index is 0.112. The van der Waals surface area contributed by atoms with Crippen LogP contribution in [0.4, 0.5) is 11.5 Å². The molecule has 222 valence electrons. The van der Waals surface area contributed by atoms with Crippen molar-refractivity contribution in [1.82, 2.24) is 9.47 Å². The number of nitriles is 1. The molecular formula is C33H35N5O3S2. The van der Waals surface area contributed by atoms with E-state index in [1.54, 1.807) is 23.5 Å². The zero-order chi connectivity index (χ0) is 30.5. The molecule has 2 saturated heterocycles. The Balaban J connectivity index is 1.47. The molecule has 0 saturated carbocycles. The van der Waals surface area contributed by atoms with E-state index in [0.29, 0.717) is 47.4 Å². The summed E-state index contributed by atoms with van der Waals surface area (Å²) in [5.74, 6) is 1.39. The molecule has 0 atom stereocenters. The smallest absolute Gasteiger partial charge is 0.270 e. The van der Waals surface area contributed by atoms with E-state index in [4.69, 9.17) is 17.0 Å². The van der Waals surface area contributed by atoms with Crippen LogP contribution in [0.1, 0.15) is 35.6 Å². The van der Waals surface area contributed by atoms with Crippen molar-refractivity contribution in [2.24, 2.45) is 0 Å². The molecule has 0 N–H and O–H groups in total. The van der Waals surface area contributed by atoms with Gasteiger partial charge in [0.05, 0.1) is 12.0 Å². The molecule has 43 heavy (non-hydrogen) atoms. The fraction of sp³-hybridized carbons (Fsp3) is 0.333. The predicted octanol–water partition coefficient (Wildman–Crippen LogP) is 5.22. The molecule has 8 nitrogen and oxygen atoms in total. The summed E-state index contributed by atoms with van der Waals surface area (Å²) < 4.78 is 7.47. The van der Waals surface area contributed by atoms with Crippen LogP contribution in [0, 0.1) is 18.3 Å². The maximum atomic E-state index is 13.6. The fourth-order valence-electron chi connectivity index (χ4n) is 5.59. The second kappa shape index (κ2) is 13.5. The third-order valence-electron chi connectivity index (χ3n) is 7.93. The third kappa shape index (κ3) is 6.33. The maximum absolute atomic E-state index is 13.6. The van der Waals surface area contributed by atoms with Crippen molar-refractivity contribution in [1.29, 1.82) is 5.26 Å². The van der Waals surface area contributed by atoms with Gasteiger partial charge in [-0.05, 0) is 61.2 Å². The van der Waals surface area contributed by atoms with Crippen molar-refractivity contribution in [3.8, 4) is 11.8 Å². The Morgan fingerprint density at radius 1 is 1.00 bits per heavy atom. The molecule has 2 aliphatic heterocycles. The number of methoxy groups -OCH3 is 1. The number of thiocarbonyl (C=S) groups is 1. The Hall–Kier alpha value is -4.07. The van der Waals surface area contributed by atoms with Crippen molar-refractivity contribution in [3.63, 3.8) is 0 Å². The van der Waals surface area contributed by atoms with Gasteiger partial charge in [0.2, 0.25) is 0 Å². The maximum Gasteiger partial charge on any atom is 0.270 e. The first-order valence-corrected chi connectivity index (χ1v) is 15.7. The zero-order valence-electron chi connectivity index (χ0n) is 24.7. The Kier molecular flexibility index (Phi) is 9.53. The lowest BCUT2D eigenvalue weighted by Gasteiger charge is -2.39. The highest BCUT2D eigenvalue weighted by Gasteiger charge is 2.33. The second-order valence-electron chi connectivity index (χ2n) is 10.5. The number of ether oxygens (including phenoxy) is 1. The van der Waals surface area contributed by atoms with E-state index < -0.39 is 0 Å². The van der Waals surface area contributed by atoms with Gasteiger partial charge in [0.1, 0.15) is 27.5 Å². The van der Waals surface area contributed by atoms with Crippen LogP contribution in [-0.4, -0.2) is 59.5 Å². The first kappa shape index (κ1) is 30.4. The lowest BCUT2D eigenvalue weighted by Crippen LogP contribution is -2.48. The molecule has 2 aliphatic rings. The lowest BCUT2D eigenvalue weighted by atomic mass is 10.0. The van der Waals surface area contributed by atoms with Gasteiger partial charge in [-0.15, -0.1) is 0 Å². The molecular weight excluding hydrogens is 579 g/mol. The molecule has 5 rings (SSSR count). The average molecular weight is 614 g/mol. The van der Waals surface area contributed by atoms with Gasteiger partial charge in [-0.25, -0.2) is 0 Å². The summed E-state index contributed by atoms with van der Waals surface area (Å²) in [4.78, 5) is 33.9.